The number of anilines is 3. The first kappa shape index (κ1) is 35.2. The highest BCUT2D eigenvalue weighted by Crippen LogP contribution is 2.49. The topological polar surface area (TPSA) is 8.17 Å². The molecule has 2 nitrogen and oxygen atoms in total. The number of benzene rings is 10. The minimum Gasteiger partial charge on any atom is -0.309 e. The van der Waals surface area contributed by atoms with Crippen LogP contribution in [-0.2, 0) is 0 Å². The quantitative estimate of drug-likeness (QED) is 0.156. The van der Waals surface area contributed by atoms with E-state index in [4.69, 9.17) is 0 Å². The third kappa shape index (κ3) is 5.85. The smallest absolute Gasteiger partial charge is 0.0640 e. The summed E-state index contributed by atoms with van der Waals surface area (Å²) in [5.41, 5.74) is 14.1. The molecule has 2 aromatic heterocycles. The summed E-state index contributed by atoms with van der Waals surface area (Å²) in [6, 6.07) is 84.3. The predicted molar refractivity (Wildman–Crippen MR) is 262 cm³/mol. The van der Waals surface area contributed by atoms with Crippen LogP contribution < -0.4 is 4.90 Å². The summed E-state index contributed by atoms with van der Waals surface area (Å²) < 4.78 is 4.96. The van der Waals surface area contributed by atoms with Crippen molar-refractivity contribution < 1.29 is 0 Å². The minimum atomic E-state index is 1.11. The van der Waals surface area contributed by atoms with Gasteiger partial charge in [0.1, 0.15) is 0 Å². The summed E-state index contributed by atoms with van der Waals surface area (Å²) in [6.45, 7) is 0. The van der Waals surface area contributed by atoms with Crippen molar-refractivity contribution in [3.63, 3.8) is 0 Å². The van der Waals surface area contributed by atoms with Gasteiger partial charge in [-0.25, -0.2) is 0 Å². The van der Waals surface area contributed by atoms with Crippen LogP contribution in [0.1, 0.15) is 0 Å². The molecule has 12 rings (SSSR count). The van der Waals surface area contributed by atoms with Gasteiger partial charge < -0.3 is 9.47 Å². The molecule has 0 saturated heterocycles. The molecule has 0 aliphatic heterocycles. The number of hydrogen-bond acceptors (Lipinski definition) is 2. The molecule has 0 spiro atoms. The molecule has 0 saturated carbocycles. The number of rotatable bonds is 7. The molecule has 0 aliphatic carbocycles. The molecular weight excluding hydrogens is 757 g/mol. The first-order valence-electron chi connectivity index (χ1n) is 20.8. The van der Waals surface area contributed by atoms with Crippen LogP contribution in [0, 0.1) is 0 Å². The molecule has 0 amide bonds. The maximum Gasteiger partial charge on any atom is 0.0640 e. The molecule has 0 N–H and O–H groups in total. The zero-order valence-corrected chi connectivity index (χ0v) is 34.1. The second-order valence-electron chi connectivity index (χ2n) is 15.7. The minimum absolute atomic E-state index is 1.11. The number of nitrogens with zero attached hydrogens (tertiary/aromatic N) is 2. The Morgan fingerprint density at radius 2 is 0.918 bits per heavy atom. The average Bonchev–Trinajstić information content (AvgIpc) is 3.89. The molecule has 0 bridgehead atoms. The van der Waals surface area contributed by atoms with E-state index in [0.717, 1.165) is 22.7 Å². The fourth-order valence-electron chi connectivity index (χ4n) is 9.46. The van der Waals surface area contributed by atoms with E-state index >= 15 is 0 Å². The van der Waals surface area contributed by atoms with E-state index in [1.165, 1.54) is 86.1 Å². The lowest BCUT2D eigenvalue weighted by Crippen LogP contribution is -2.11. The highest BCUT2D eigenvalue weighted by Gasteiger charge is 2.24. The highest BCUT2D eigenvalue weighted by atomic mass is 32.1. The second kappa shape index (κ2) is 14.5. The molecule has 0 radical (unpaired) electrons. The molecule has 0 atom stereocenters. The Labute approximate surface area is 358 Å². The van der Waals surface area contributed by atoms with Crippen LogP contribution in [0.5, 0.6) is 0 Å². The lowest BCUT2D eigenvalue weighted by molar-refractivity contribution is 1.18. The number of aromatic nitrogens is 1. The van der Waals surface area contributed by atoms with Crippen LogP contribution in [0.15, 0.2) is 231 Å². The number of fused-ring (bicyclic) bond motifs is 7. The first-order chi connectivity index (χ1) is 30.3. The van der Waals surface area contributed by atoms with E-state index in [0.29, 0.717) is 0 Å². The van der Waals surface area contributed by atoms with Gasteiger partial charge in [0, 0.05) is 43.0 Å². The van der Waals surface area contributed by atoms with E-state index in [1.807, 2.05) is 11.3 Å². The van der Waals surface area contributed by atoms with Crippen molar-refractivity contribution in [1.29, 1.82) is 0 Å². The molecule has 10 aromatic carbocycles. The average molecular weight is 795 g/mol. The Hall–Kier alpha value is -7.72. The SMILES string of the molecule is c1ccc(-c2cc(-c3ccccc3)cc(N(c3ccc(-c4cccc5c4c4ccccc4n5-c4ccccc4)c4ccccc34)c3cccc4c3sc3ccccc34)c2)cc1. The Bertz CT molecular complexity index is 3530. The zero-order chi connectivity index (χ0) is 40.3. The maximum absolute atomic E-state index is 2.52. The monoisotopic (exact) mass is 794 g/mol. The summed E-state index contributed by atoms with van der Waals surface area (Å²) in [5, 5.41) is 7.46. The lowest BCUT2D eigenvalue weighted by Gasteiger charge is -2.29. The van der Waals surface area contributed by atoms with E-state index in [9.17, 15) is 0 Å². The number of thiophene rings is 1. The van der Waals surface area contributed by atoms with E-state index in [2.05, 4.69) is 240 Å². The Morgan fingerprint density at radius 1 is 0.344 bits per heavy atom. The summed E-state index contributed by atoms with van der Waals surface area (Å²) in [5.74, 6) is 0. The molecule has 0 fully saturated rings. The van der Waals surface area contributed by atoms with E-state index in [1.54, 1.807) is 0 Å². The molecule has 3 heteroatoms. The van der Waals surface area contributed by atoms with Crippen LogP contribution in [-0.4, -0.2) is 4.57 Å². The van der Waals surface area contributed by atoms with Gasteiger partial charge >= 0.3 is 0 Å². The van der Waals surface area contributed by atoms with Gasteiger partial charge in [0.15, 0.2) is 0 Å². The Balaban J connectivity index is 1.15. The fraction of sp³-hybridized carbons (Fsp3) is 0. The van der Waals surface area contributed by atoms with Crippen LogP contribution >= 0.6 is 11.3 Å². The Morgan fingerprint density at radius 3 is 1.66 bits per heavy atom. The van der Waals surface area contributed by atoms with Crippen LogP contribution in [0.4, 0.5) is 17.1 Å². The van der Waals surface area contributed by atoms with E-state index < -0.39 is 0 Å². The molecule has 12 aromatic rings. The number of hydrogen-bond donors (Lipinski definition) is 0. The van der Waals surface area contributed by atoms with Gasteiger partial charge in [-0.3, -0.25) is 0 Å². The van der Waals surface area contributed by atoms with Crippen molar-refractivity contribution in [2.75, 3.05) is 4.90 Å². The predicted octanol–water partition coefficient (Wildman–Crippen LogP) is 16.8. The van der Waals surface area contributed by atoms with Gasteiger partial charge in [0.25, 0.3) is 0 Å². The van der Waals surface area contributed by atoms with Gasteiger partial charge in [0.05, 0.1) is 27.1 Å². The third-order valence-electron chi connectivity index (χ3n) is 12.2. The van der Waals surface area contributed by atoms with Gasteiger partial charge in [-0.2, -0.15) is 0 Å². The van der Waals surface area contributed by atoms with Crippen molar-refractivity contribution in [2.24, 2.45) is 0 Å². The first-order valence-corrected chi connectivity index (χ1v) is 21.7. The maximum atomic E-state index is 2.52. The molecular formula is C58H38N2S. The molecule has 286 valence electrons. The van der Waals surface area contributed by atoms with E-state index in [-0.39, 0.29) is 0 Å². The molecule has 61 heavy (non-hydrogen) atoms. The molecule has 0 unspecified atom stereocenters. The summed E-state index contributed by atoms with van der Waals surface area (Å²) >= 11 is 1.87. The fourth-order valence-corrected chi connectivity index (χ4v) is 10.7. The van der Waals surface area contributed by atoms with Gasteiger partial charge in [-0.05, 0) is 99.4 Å². The van der Waals surface area contributed by atoms with Crippen molar-refractivity contribution >= 4 is 81.1 Å². The zero-order valence-electron chi connectivity index (χ0n) is 33.2. The summed E-state index contributed by atoms with van der Waals surface area (Å²) in [4.78, 5) is 2.52. The van der Waals surface area contributed by atoms with Crippen LogP contribution in [0.25, 0.3) is 91.8 Å². The summed E-state index contributed by atoms with van der Waals surface area (Å²) in [7, 11) is 0. The van der Waals surface area contributed by atoms with Gasteiger partial charge in [-0.1, -0.05) is 170 Å². The normalized spacial score (nSPS) is 11.6. The standard InChI is InChI=1S/C58H38N2S/c1-4-18-39(19-5-1)41-36-42(40-20-6-2-7-21-40)38-44(37-41)60(55-32-17-29-50-48-26-13-15-33-56(48)61-58(50)55)53-35-34-46(45-24-10-11-25-47(45)53)49-28-16-31-54-57(49)51-27-12-14-30-52(51)59(54)43-22-8-3-9-23-43/h1-38H. The molecule has 2 heterocycles. The van der Waals surface area contributed by atoms with Crippen LogP contribution in [0.2, 0.25) is 0 Å². The van der Waals surface area contributed by atoms with Crippen molar-refractivity contribution in [3.05, 3.63) is 231 Å². The van der Waals surface area contributed by atoms with Crippen molar-refractivity contribution in [3.8, 4) is 39.1 Å². The van der Waals surface area contributed by atoms with Crippen LogP contribution in [0.3, 0.4) is 0 Å². The number of para-hydroxylation sites is 2. The molecule has 0 aliphatic rings. The lowest BCUT2D eigenvalue weighted by atomic mass is 9.93. The highest BCUT2D eigenvalue weighted by molar-refractivity contribution is 7.26. The largest absolute Gasteiger partial charge is 0.309 e. The van der Waals surface area contributed by atoms with Crippen molar-refractivity contribution in [2.45, 2.75) is 0 Å². The second-order valence-corrected chi connectivity index (χ2v) is 16.7. The summed E-state index contributed by atoms with van der Waals surface area (Å²) in [6.07, 6.45) is 0. The van der Waals surface area contributed by atoms with Gasteiger partial charge in [0.2, 0.25) is 0 Å². The van der Waals surface area contributed by atoms with Gasteiger partial charge in [-0.15, -0.1) is 11.3 Å². The van der Waals surface area contributed by atoms with Crippen molar-refractivity contribution in [1.82, 2.24) is 4.57 Å². The Kier molecular flexibility index (Phi) is 8.39. The third-order valence-corrected chi connectivity index (χ3v) is 13.4.